The van der Waals surface area contributed by atoms with E-state index in [9.17, 15) is 0 Å². The van der Waals surface area contributed by atoms with Crippen molar-refractivity contribution in [2.45, 2.75) is 119 Å². The summed E-state index contributed by atoms with van der Waals surface area (Å²) in [7, 11) is 0. The molecule has 4 aliphatic rings. The molecule has 0 heteroatoms. The SMILES string of the molecule is CC[C@H]1CC2C(CCC3(C)C2CC[C@@H]3[C@H](C)CCC(C)C)C2(C)CCCCC12. The zero-order chi connectivity index (χ0) is 20.1. The van der Waals surface area contributed by atoms with Crippen LogP contribution in [0.25, 0.3) is 0 Å². The third kappa shape index (κ3) is 3.32. The maximum Gasteiger partial charge on any atom is -0.0264 e. The minimum atomic E-state index is 0.660. The van der Waals surface area contributed by atoms with Gasteiger partial charge in [0.15, 0.2) is 0 Å². The standard InChI is InChI=1S/C28H50/c1-7-21-18-22-25-14-13-23(20(4)12-11-19(2)3)28(25,6)17-15-26(22)27(5)16-9-8-10-24(21)27/h19-26H,7-18H2,1-6H3/t20-,21+,22?,23-,24?,25?,26?,27?,28?/m1/s1. The van der Waals surface area contributed by atoms with Crippen LogP contribution in [0, 0.1) is 58.2 Å². The number of fused-ring (bicyclic) bond motifs is 5. The van der Waals surface area contributed by atoms with Crippen LogP contribution in [-0.2, 0) is 0 Å². The van der Waals surface area contributed by atoms with Gasteiger partial charge in [-0.25, -0.2) is 0 Å². The molecule has 0 heterocycles. The molecule has 0 saturated heterocycles. The van der Waals surface area contributed by atoms with E-state index < -0.39 is 0 Å². The minimum absolute atomic E-state index is 0.660. The average Bonchev–Trinajstić information content (AvgIpc) is 3.02. The van der Waals surface area contributed by atoms with E-state index >= 15 is 0 Å². The molecular formula is C28H50. The maximum absolute atomic E-state index is 2.76. The topological polar surface area (TPSA) is 0 Å². The van der Waals surface area contributed by atoms with Crippen molar-refractivity contribution < 1.29 is 0 Å². The molecular weight excluding hydrogens is 336 g/mol. The summed E-state index contributed by atoms with van der Waals surface area (Å²) in [5.74, 6) is 8.08. The van der Waals surface area contributed by atoms with Gasteiger partial charge in [0.1, 0.15) is 0 Å². The molecule has 4 rings (SSSR count). The molecule has 162 valence electrons. The second kappa shape index (κ2) is 7.92. The molecule has 0 aromatic rings. The quantitative estimate of drug-likeness (QED) is 0.443. The third-order valence-corrected chi connectivity index (χ3v) is 11.2. The summed E-state index contributed by atoms with van der Waals surface area (Å²) in [5, 5.41) is 0. The first kappa shape index (κ1) is 21.2. The van der Waals surface area contributed by atoms with E-state index in [4.69, 9.17) is 0 Å². The highest BCUT2D eigenvalue weighted by Gasteiger charge is 2.61. The average molecular weight is 387 g/mol. The van der Waals surface area contributed by atoms with E-state index in [1.807, 2.05) is 0 Å². The summed E-state index contributed by atoms with van der Waals surface area (Å²) in [6.07, 6.45) is 18.3. The van der Waals surface area contributed by atoms with E-state index in [-0.39, 0.29) is 0 Å². The lowest BCUT2D eigenvalue weighted by Gasteiger charge is -2.63. The third-order valence-electron chi connectivity index (χ3n) is 11.2. The molecule has 0 N–H and O–H groups in total. The van der Waals surface area contributed by atoms with Gasteiger partial charge in [0, 0.05) is 0 Å². The minimum Gasteiger partial charge on any atom is -0.0651 e. The van der Waals surface area contributed by atoms with E-state index in [0.717, 1.165) is 47.3 Å². The van der Waals surface area contributed by atoms with Gasteiger partial charge in [-0.1, -0.05) is 73.6 Å². The first-order chi connectivity index (χ1) is 13.3. The highest BCUT2D eigenvalue weighted by molar-refractivity contribution is 5.10. The lowest BCUT2D eigenvalue weighted by Crippen LogP contribution is -2.55. The van der Waals surface area contributed by atoms with Crippen molar-refractivity contribution in [1.82, 2.24) is 0 Å². The summed E-state index contributed by atoms with van der Waals surface area (Å²) >= 11 is 0. The van der Waals surface area contributed by atoms with Gasteiger partial charge in [0.25, 0.3) is 0 Å². The molecule has 4 aliphatic carbocycles. The molecule has 4 fully saturated rings. The predicted molar refractivity (Wildman–Crippen MR) is 122 cm³/mol. The van der Waals surface area contributed by atoms with Gasteiger partial charge in [0.05, 0.1) is 0 Å². The fraction of sp³-hybridized carbons (Fsp3) is 1.00. The van der Waals surface area contributed by atoms with Crippen LogP contribution in [0.2, 0.25) is 0 Å². The van der Waals surface area contributed by atoms with Gasteiger partial charge >= 0.3 is 0 Å². The van der Waals surface area contributed by atoms with Crippen molar-refractivity contribution in [2.24, 2.45) is 58.2 Å². The van der Waals surface area contributed by atoms with Crippen molar-refractivity contribution in [3.05, 3.63) is 0 Å². The first-order valence-electron chi connectivity index (χ1n) is 13.3. The number of hydrogen-bond acceptors (Lipinski definition) is 0. The van der Waals surface area contributed by atoms with E-state index in [0.29, 0.717) is 10.8 Å². The summed E-state index contributed by atoms with van der Waals surface area (Å²) in [6, 6.07) is 0. The number of hydrogen-bond donors (Lipinski definition) is 0. The Balaban J connectivity index is 1.56. The van der Waals surface area contributed by atoms with Crippen molar-refractivity contribution >= 4 is 0 Å². The number of rotatable bonds is 5. The Kier molecular flexibility index (Phi) is 6.01. The van der Waals surface area contributed by atoms with Crippen LogP contribution >= 0.6 is 0 Å². The highest BCUT2D eigenvalue weighted by Crippen LogP contribution is 2.69. The monoisotopic (exact) mass is 386 g/mol. The Hall–Kier alpha value is 0. The normalized spacial score (nSPS) is 49.4. The fourth-order valence-electron chi connectivity index (χ4n) is 9.79. The van der Waals surface area contributed by atoms with Crippen LogP contribution in [0.5, 0.6) is 0 Å². The van der Waals surface area contributed by atoms with Gasteiger partial charge < -0.3 is 0 Å². The molecule has 0 nitrogen and oxygen atoms in total. The Labute approximate surface area is 177 Å². The van der Waals surface area contributed by atoms with Gasteiger partial charge in [-0.3, -0.25) is 0 Å². The van der Waals surface area contributed by atoms with Crippen LogP contribution in [0.4, 0.5) is 0 Å². The molecule has 0 spiro atoms. The molecule has 0 bridgehead atoms. The Morgan fingerprint density at radius 3 is 2.25 bits per heavy atom. The summed E-state index contributed by atoms with van der Waals surface area (Å²) in [5.41, 5.74) is 1.35. The molecule has 28 heavy (non-hydrogen) atoms. The maximum atomic E-state index is 2.76. The first-order valence-corrected chi connectivity index (χ1v) is 13.3. The summed E-state index contributed by atoms with van der Waals surface area (Å²) in [4.78, 5) is 0. The van der Waals surface area contributed by atoms with Crippen LogP contribution in [0.3, 0.4) is 0 Å². The van der Waals surface area contributed by atoms with Crippen molar-refractivity contribution in [1.29, 1.82) is 0 Å². The summed E-state index contributed by atoms with van der Waals surface area (Å²) < 4.78 is 0. The lowest BCUT2D eigenvalue weighted by atomic mass is 9.42. The molecule has 0 aromatic carbocycles. The largest absolute Gasteiger partial charge is 0.0651 e. The molecule has 4 saturated carbocycles. The van der Waals surface area contributed by atoms with Crippen LogP contribution in [0.1, 0.15) is 119 Å². The van der Waals surface area contributed by atoms with Crippen LogP contribution in [0.15, 0.2) is 0 Å². The van der Waals surface area contributed by atoms with Gasteiger partial charge in [0.2, 0.25) is 0 Å². The second-order valence-corrected chi connectivity index (χ2v) is 12.8. The fourth-order valence-corrected chi connectivity index (χ4v) is 9.79. The zero-order valence-corrected chi connectivity index (χ0v) is 20.1. The van der Waals surface area contributed by atoms with E-state index in [1.54, 1.807) is 44.9 Å². The van der Waals surface area contributed by atoms with Crippen LogP contribution in [-0.4, -0.2) is 0 Å². The van der Waals surface area contributed by atoms with E-state index in [2.05, 4.69) is 41.5 Å². The molecule has 6 unspecified atom stereocenters. The van der Waals surface area contributed by atoms with Crippen molar-refractivity contribution in [3.8, 4) is 0 Å². The molecule has 0 aromatic heterocycles. The summed E-state index contributed by atoms with van der Waals surface area (Å²) in [6.45, 7) is 15.5. The molecule has 9 atom stereocenters. The predicted octanol–water partition coefficient (Wildman–Crippen LogP) is 8.74. The molecule has 0 amide bonds. The van der Waals surface area contributed by atoms with Crippen molar-refractivity contribution in [2.75, 3.05) is 0 Å². The van der Waals surface area contributed by atoms with Crippen molar-refractivity contribution in [3.63, 3.8) is 0 Å². The molecule has 0 radical (unpaired) electrons. The second-order valence-electron chi connectivity index (χ2n) is 12.8. The Morgan fingerprint density at radius 1 is 0.786 bits per heavy atom. The molecule has 0 aliphatic heterocycles. The zero-order valence-electron chi connectivity index (χ0n) is 20.1. The lowest BCUT2D eigenvalue weighted by molar-refractivity contribution is -0.138. The van der Waals surface area contributed by atoms with E-state index in [1.165, 1.54) is 32.1 Å². The van der Waals surface area contributed by atoms with Crippen LogP contribution < -0.4 is 0 Å². The Bertz CT molecular complexity index is 534. The van der Waals surface area contributed by atoms with Gasteiger partial charge in [-0.05, 0) is 103 Å². The Morgan fingerprint density at radius 2 is 1.54 bits per heavy atom. The van der Waals surface area contributed by atoms with Gasteiger partial charge in [-0.15, -0.1) is 0 Å². The smallest absolute Gasteiger partial charge is 0.0264 e. The van der Waals surface area contributed by atoms with Gasteiger partial charge in [-0.2, -0.15) is 0 Å². The highest BCUT2D eigenvalue weighted by atomic mass is 14.7.